The highest BCUT2D eigenvalue weighted by Crippen LogP contribution is 2.17. The Morgan fingerprint density at radius 1 is 1.50 bits per heavy atom. The van der Waals surface area contributed by atoms with Gasteiger partial charge < -0.3 is 15.4 Å². The van der Waals surface area contributed by atoms with Crippen LogP contribution in [0.2, 0.25) is 0 Å². The first-order chi connectivity index (χ1) is 7.67. The van der Waals surface area contributed by atoms with Gasteiger partial charge >= 0.3 is 0 Å². The van der Waals surface area contributed by atoms with E-state index >= 15 is 0 Å². The standard InChI is InChI=1S/C12H18N2O2/c1-4-16-11-7-5-6-10(8-11)14-12(15)9(2)13-3/h5-9,13H,4H2,1-3H3,(H,14,15). The monoisotopic (exact) mass is 222 g/mol. The van der Waals surface area contributed by atoms with E-state index in [0.717, 1.165) is 11.4 Å². The van der Waals surface area contributed by atoms with Gasteiger partial charge in [0.05, 0.1) is 12.6 Å². The van der Waals surface area contributed by atoms with Gasteiger partial charge in [-0.2, -0.15) is 0 Å². The number of hydrogen-bond donors (Lipinski definition) is 2. The van der Waals surface area contributed by atoms with E-state index in [9.17, 15) is 4.79 Å². The summed E-state index contributed by atoms with van der Waals surface area (Å²) in [5, 5.41) is 5.69. The van der Waals surface area contributed by atoms with Gasteiger partial charge in [0.25, 0.3) is 0 Å². The predicted octanol–water partition coefficient (Wildman–Crippen LogP) is 1.63. The van der Waals surface area contributed by atoms with Gasteiger partial charge in [0, 0.05) is 11.8 Å². The van der Waals surface area contributed by atoms with Crippen molar-refractivity contribution in [2.45, 2.75) is 19.9 Å². The lowest BCUT2D eigenvalue weighted by Gasteiger charge is -2.11. The molecule has 1 aromatic carbocycles. The molecule has 0 aliphatic rings. The molecule has 2 N–H and O–H groups in total. The summed E-state index contributed by atoms with van der Waals surface area (Å²) in [6, 6.07) is 7.15. The third-order valence-corrected chi connectivity index (χ3v) is 2.24. The van der Waals surface area contributed by atoms with E-state index in [0.29, 0.717) is 6.61 Å². The fourth-order valence-electron chi connectivity index (χ4n) is 1.21. The average molecular weight is 222 g/mol. The summed E-state index contributed by atoms with van der Waals surface area (Å²) in [4.78, 5) is 11.6. The smallest absolute Gasteiger partial charge is 0.241 e. The fraction of sp³-hybridized carbons (Fsp3) is 0.417. The molecular weight excluding hydrogens is 204 g/mol. The molecule has 88 valence electrons. The van der Waals surface area contributed by atoms with Gasteiger partial charge in [0.1, 0.15) is 5.75 Å². The molecule has 0 fully saturated rings. The average Bonchev–Trinajstić information content (AvgIpc) is 2.29. The number of anilines is 1. The van der Waals surface area contributed by atoms with Gasteiger partial charge in [-0.1, -0.05) is 6.07 Å². The van der Waals surface area contributed by atoms with E-state index in [1.807, 2.05) is 38.1 Å². The topological polar surface area (TPSA) is 50.4 Å². The van der Waals surface area contributed by atoms with Crippen LogP contribution < -0.4 is 15.4 Å². The third-order valence-electron chi connectivity index (χ3n) is 2.24. The van der Waals surface area contributed by atoms with Gasteiger partial charge in [-0.3, -0.25) is 4.79 Å². The first-order valence-corrected chi connectivity index (χ1v) is 5.38. The molecule has 0 saturated carbocycles. The summed E-state index contributed by atoms with van der Waals surface area (Å²) >= 11 is 0. The Balaban J connectivity index is 2.66. The molecule has 0 aliphatic heterocycles. The van der Waals surface area contributed by atoms with Crippen LogP contribution in [-0.2, 0) is 4.79 Å². The van der Waals surface area contributed by atoms with Crippen LogP contribution in [0.25, 0.3) is 0 Å². The van der Waals surface area contributed by atoms with Crippen molar-refractivity contribution in [1.29, 1.82) is 0 Å². The summed E-state index contributed by atoms with van der Waals surface area (Å²) in [7, 11) is 1.75. The van der Waals surface area contributed by atoms with Crippen molar-refractivity contribution in [2.24, 2.45) is 0 Å². The molecule has 16 heavy (non-hydrogen) atoms. The molecule has 4 heteroatoms. The molecule has 1 amide bonds. The van der Waals surface area contributed by atoms with Gasteiger partial charge in [0.15, 0.2) is 0 Å². The number of ether oxygens (including phenoxy) is 1. The Labute approximate surface area is 96.0 Å². The molecule has 1 unspecified atom stereocenters. The zero-order valence-electron chi connectivity index (χ0n) is 9.91. The number of nitrogens with one attached hydrogen (secondary N) is 2. The first-order valence-electron chi connectivity index (χ1n) is 5.38. The summed E-state index contributed by atoms with van der Waals surface area (Å²) in [5.41, 5.74) is 0.748. The van der Waals surface area contributed by atoms with Crippen LogP contribution >= 0.6 is 0 Å². The lowest BCUT2D eigenvalue weighted by Crippen LogP contribution is -2.35. The second kappa shape index (κ2) is 6.12. The molecule has 0 spiro atoms. The zero-order valence-corrected chi connectivity index (χ0v) is 9.91. The van der Waals surface area contributed by atoms with Crippen LogP contribution in [0.3, 0.4) is 0 Å². The highest BCUT2D eigenvalue weighted by atomic mass is 16.5. The zero-order chi connectivity index (χ0) is 12.0. The number of likely N-dealkylation sites (N-methyl/N-ethyl adjacent to an activating group) is 1. The van der Waals surface area contributed by atoms with Crippen LogP contribution in [0.15, 0.2) is 24.3 Å². The van der Waals surface area contributed by atoms with E-state index in [1.54, 1.807) is 7.05 Å². The SMILES string of the molecule is CCOc1cccc(NC(=O)C(C)NC)c1. The van der Waals surface area contributed by atoms with Crippen LogP contribution in [0.5, 0.6) is 5.75 Å². The van der Waals surface area contributed by atoms with Gasteiger partial charge in [-0.25, -0.2) is 0 Å². The largest absolute Gasteiger partial charge is 0.494 e. The van der Waals surface area contributed by atoms with Crippen LogP contribution in [-0.4, -0.2) is 25.6 Å². The highest BCUT2D eigenvalue weighted by molar-refractivity contribution is 5.94. The minimum absolute atomic E-state index is 0.0591. The molecule has 1 aromatic rings. The van der Waals surface area contributed by atoms with Gasteiger partial charge in [0.2, 0.25) is 5.91 Å². The number of rotatable bonds is 5. The number of hydrogen-bond acceptors (Lipinski definition) is 3. The molecule has 0 radical (unpaired) electrons. The number of amides is 1. The highest BCUT2D eigenvalue weighted by Gasteiger charge is 2.10. The van der Waals surface area contributed by atoms with E-state index in [4.69, 9.17) is 4.74 Å². The Kier molecular flexibility index (Phi) is 4.79. The first kappa shape index (κ1) is 12.5. The second-order valence-electron chi connectivity index (χ2n) is 3.46. The van der Waals surface area contributed by atoms with E-state index in [-0.39, 0.29) is 11.9 Å². The lowest BCUT2D eigenvalue weighted by atomic mass is 10.2. The normalized spacial score (nSPS) is 11.9. The number of carbonyl (C=O) groups excluding carboxylic acids is 1. The van der Waals surface area contributed by atoms with Crippen LogP contribution in [0.4, 0.5) is 5.69 Å². The third kappa shape index (κ3) is 3.55. The minimum Gasteiger partial charge on any atom is -0.494 e. The van der Waals surface area contributed by atoms with E-state index < -0.39 is 0 Å². The quantitative estimate of drug-likeness (QED) is 0.796. The number of carbonyl (C=O) groups is 1. The minimum atomic E-state index is -0.212. The molecule has 0 aromatic heterocycles. The maximum atomic E-state index is 11.6. The summed E-state index contributed by atoms with van der Waals surface area (Å²) in [6.45, 7) is 4.35. The second-order valence-corrected chi connectivity index (χ2v) is 3.46. The Hall–Kier alpha value is -1.55. The maximum Gasteiger partial charge on any atom is 0.241 e. The van der Waals surface area contributed by atoms with Crippen molar-refractivity contribution in [3.63, 3.8) is 0 Å². The number of benzene rings is 1. The van der Waals surface area contributed by atoms with Crippen molar-refractivity contribution in [2.75, 3.05) is 19.0 Å². The predicted molar refractivity (Wildman–Crippen MR) is 64.8 cm³/mol. The van der Waals surface area contributed by atoms with Crippen molar-refractivity contribution < 1.29 is 9.53 Å². The van der Waals surface area contributed by atoms with Gasteiger partial charge in [-0.15, -0.1) is 0 Å². The van der Waals surface area contributed by atoms with Crippen LogP contribution in [0, 0.1) is 0 Å². The van der Waals surface area contributed by atoms with Crippen molar-refractivity contribution in [1.82, 2.24) is 5.32 Å². The Morgan fingerprint density at radius 3 is 2.88 bits per heavy atom. The molecule has 1 atom stereocenters. The van der Waals surface area contributed by atoms with E-state index in [2.05, 4.69) is 10.6 Å². The molecule has 0 bridgehead atoms. The Bertz CT molecular complexity index is 353. The molecule has 1 rings (SSSR count). The molecule has 0 saturated heterocycles. The summed E-state index contributed by atoms with van der Waals surface area (Å²) in [5.74, 6) is 0.702. The Morgan fingerprint density at radius 2 is 2.25 bits per heavy atom. The van der Waals surface area contributed by atoms with Crippen molar-refractivity contribution in [3.05, 3.63) is 24.3 Å². The summed E-state index contributed by atoms with van der Waals surface area (Å²) in [6.07, 6.45) is 0. The van der Waals surface area contributed by atoms with Crippen molar-refractivity contribution in [3.8, 4) is 5.75 Å². The molecule has 0 aliphatic carbocycles. The van der Waals surface area contributed by atoms with Gasteiger partial charge in [-0.05, 0) is 33.0 Å². The fourth-order valence-corrected chi connectivity index (χ4v) is 1.21. The molecule has 4 nitrogen and oxygen atoms in total. The summed E-state index contributed by atoms with van der Waals surface area (Å²) < 4.78 is 5.35. The lowest BCUT2D eigenvalue weighted by molar-refractivity contribution is -0.117. The van der Waals surface area contributed by atoms with Crippen LogP contribution in [0.1, 0.15) is 13.8 Å². The maximum absolute atomic E-state index is 11.6. The van der Waals surface area contributed by atoms with Crippen molar-refractivity contribution >= 4 is 11.6 Å². The van der Waals surface area contributed by atoms with E-state index in [1.165, 1.54) is 0 Å². The molecular formula is C12H18N2O2. The molecule has 0 heterocycles.